The molecule has 2 aromatic carbocycles. The number of benzene rings is 2. The molecule has 0 fully saturated rings. The van der Waals surface area contributed by atoms with Gasteiger partial charge in [0.1, 0.15) is 0 Å². The van der Waals surface area contributed by atoms with E-state index in [1.54, 1.807) is 34.6 Å². The smallest absolute Gasteiger partial charge is 0.408 e. The van der Waals surface area contributed by atoms with E-state index in [1.807, 2.05) is 60.7 Å². The van der Waals surface area contributed by atoms with E-state index < -0.39 is 41.3 Å². The van der Waals surface area contributed by atoms with Crippen LogP contribution in [0.4, 0.5) is 4.79 Å². The summed E-state index contributed by atoms with van der Waals surface area (Å²) >= 11 is 0. The lowest BCUT2D eigenvalue weighted by Gasteiger charge is -2.42. The van der Waals surface area contributed by atoms with E-state index in [0.717, 1.165) is 11.1 Å². The second kappa shape index (κ2) is 14.4. The topological polar surface area (TPSA) is 142 Å². The molecule has 0 bridgehead atoms. The van der Waals surface area contributed by atoms with Crippen molar-refractivity contribution in [3.63, 3.8) is 0 Å². The molecule has 9 heteroatoms. The van der Waals surface area contributed by atoms with Gasteiger partial charge in [0.05, 0.1) is 36.3 Å². The number of hydrogen-bond acceptors (Lipinski definition) is 6. The van der Waals surface area contributed by atoms with Crippen molar-refractivity contribution in [3.05, 3.63) is 71.8 Å². The molecule has 0 radical (unpaired) electrons. The number of nitrogens with zero attached hydrogens (tertiary/aromatic N) is 1. The molecular formula is C30H45N3O6. The number of hydrogen-bond donors (Lipinski definition) is 6. The maximum absolute atomic E-state index is 12.8. The third-order valence-electron chi connectivity index (χ3n) is 6.79. The first-order chi connectivity index (χ1) is 18.3. The Morgan fingerprint density at radius 1 is 0.821 bits per heavy atom. The molecule has 0 heterocycles. The van der Waals surface area contributed by atoms with Gasteiger partial charge < -0.3 is 31.1 Å². The van der Waals surface area contributed by atoms with Gasteiger partial charge in [-0.2, -0.15) is 0 Å². The molecule has 2 aromatic rings. The minimum Gasteiger partial charge on any atom is -0.465 e. The van der Waals surface area contributed by atoms with Crippen LogP contribution in [0, 0.1) is 5.41 Å². The SMILES string of the molecule is CC(C)(CO)C(=O)N[C@@H](Cc1ccccc1)[C@H](O)CNC[C@@H](O)[C@H](Cc1ccccc1)N(C(=O)O)C(C)(C)C. The summed E-state index contributed by atoms with van der Waals surface area (Å²) in [5, 5.41) is 47.8. The standard InChI is InChI=1S/C30H45N3O6/c1-29(2,3)33(28(38)39)24(17-22-14-10-7-11-15-22)26(36)19-31-18-25(35)23(16-21-12-8-6-9-13-21)32-27(37)30(4,5)20-34/h6-15,23-26,31,34-36H,16-20H2,1-5H3,(H,32,37)(H,38,39)/t23-,24-,25+,26+/m0/s1. The summed E-state index contributed by atoms with van der Waals surface area (Å²) < 4.78 is 0. The average molecular weight is 544 g/mol. The quantitative estimate of drug-likeness (QED) is 0.215. The molecule has 0 spiro atoms. The van der Waals surface area contributed by atoms with Gasteiger partial charge in [-0.3, -0.25) is 9.69 Å². The monoisotopic (exact) mass is 543 g/mol. The summed E-state index contributed by atoms with van der Waals surface area (Å²) in [7, 11) is 0. The van der Waals surface area contributed by atoms with Crippen molar-refractivity contribution in [2.24, 2.45) is 5.41 Å². The second-order valence-electron chi connectivity index (χ2n) is 11.7. The van der Waals surface area contributed by atoms with E-state index in [-0.39, 0.29) is 25.6 Å². The van der Waals surface area contributed by atoms with Crippen LogP contribution in [0.1, 0.15) is 45.7 Å². The zero-order chi connectivity index (χ0) is 29.2. The highest BCUT2D eigenvalue weighted by Crippen LogP contribution is 2.23. The highest BCUT2D eigenvalue weighted by molar-refractivity contribution is 5.82. The van der Waals surface area contributed by atoms with Crippen LogP contribution in [-0.2, 0) is 17.6 Å². The Balaban J connectivity index is 2.15. The molecule has 0 aliphatic heterocycles. The van der Waals surface area contributed by atoms with Gasteiger partial charge in [0, 0.05) is 18.6 Å². The normalized spacial score (nSPS) is 15.2. The fourth-order valence-corrected chi connectivity index (χ4v) is 4.43. The Morgan fingerprint density at radius 2 is 1.31 bits per heavy atom. The molecule has 6 N–H and O–H groups in total. The molecule has 0 aromatic heterocycles. The Labute approximate surface area is 231 Å². The van der Waals surface area contributed by atoms with Crippen molar-refractivity contribution in [2.45, 2.75) is 77.3 Å². The highest BCUT2D eigenvalue weighted by atomic mass is 16.4. The third-order valence-corrected chi connectivity index (χ3v) is 6.79. The number of nitrogens with one attached hydrogen (secondary N) is 2. The van der Waals surface area contributed by atoms with Gasteiger partial charge in [-0.25, -0.2) is 4.79 Å². The van der Waals surface area contributed by atoms with Crippen molar-refractivity contribution in [3.8, 4) is 0 Å². The fourth-order valence-electron chi connectivity index (χ4n) is 4.43. The molecule has 0 saturated heterocycles. The maximum atomic E-state index is 12.8. The van der Waals surface area contributed by atoms with Crippen LogP contribution in [0.25, 0.3) is 0 Å². The molecule has 0 aliphatic rings. The van der Waals surface area contributed by atoms with Crippen LogP contribution in [0.2, 0.25) is 0 Å². The first kappa shape index (κ1) is 32.2. The van der Waals surface area contributed by atoms with Crippen molar-refractivity contribution < 1.29 is 30.0 Å². The van der Waals surface area contributed by atoms with Crippen molar-refractivity contribution >= 4 is 12.0 Å². The van der Waals surface area contributed by atoms with Crippen LogP contribution in [-0.4, -0.2) is 86.9 Å². The Morgan fingerprint density at radius 3 is 1.77 bits per heavy atom. The molecule has 0 saturated carbocycles. The number of aliphatic hydroxyl groups excluding tert-OH is 3. The van der Waals surface area contributed by atoms with E-state index >= 15 is 0 Å². The molecule has 0 aliphatic carbocycles. The minimum absolute atomic E-state index is 0.0303. The number of amides is 2. The van der Waals surface area contributed by atoms with Crippen molar-refractivity contribution in [1.82, 2.24) is 15.5 Å². The number of aliphatic hydroxyl groups is 3. The van der Waals surface area contributed by atoms with E-state index in [4.69, 9.17) is 0 Å². The number of carbonyl (C=O) groups excluding carboxylic acids is 1. The first-order valence-corrected chi connectivity index (χ1v) is 13.3. The molecule has 216 valence electrons. The Hall–Kier alpha value is -2.98. The predicted molar refractivity (Wildman–Crippen MR) is 151 cm³/mol. The number of rotatable bonds is 14. The van der Waals surface area contributed by atoms with Gasteiger partial charge in [-0.15, -0.1) is 0 Å². The lowest BCUT2D eigenvalue weighted by molar-refractivity contribution is -0.132. The van der Waals surface area contributed by atoms with Crippen LogP contribution >= 0.6 is 0 Å². The van der Waals surface area contributed by atoms with Gasteiger partial charge in [-0.1, -0.05) is 60.7 Å². The molecule has 39 heavy (non-hydrogen) atoms. The predicted octanol–water partition coefficient (Wildman–Crippen LogP) is 2.43. The van der Waals surface area contributed by atoms with Crippen LogP contribution < -0.4 is 10.6 Å². The second-order valence-corrected chi connectivity index (χ2v) is 11.7. The van der Waals surface area contributed by atoms with Crippen LogP contribution in [0.3, 0.4) is 0 Å². The van der Waals surface area contributed by atoms with E-state index in [1.165, 1.54) is 4.90 Å². The van der Waals surface area contributed by atoms with E-state index in [0.29, 0.717) is 12.8 Å². The summed E-state index contributed by atoms with van der Waals surface area (Å²) in [6, 6.07) is 17.5. The molecule has 2 amide bonds. The minimum atomic E-state index is -1.13. The lowest BCUT2D eigenvalue weighted by Crippen LogP contribution is -2.58. The van der Waals surface area contributed by atoms with E-state index in [9.17, 15) is 30.0 Å². The zero-order valence-corrected chi connectivity index (χ0v) is 23.7. The molecule has 9 nitrogen and oxygen atoms in total. The van der Waals surface area contributed by atoms with E-state index in [2.05, 4.69) is 10.6 Å². The average Bonchev–Trinajstić information content (AvgIpc) is 2.87. The largest absolute Gasteiger partial charge is 0.465 e. The summed E-state index contributed by atoms with van der Waals surface area (Å²) in [6.45, 7) is 8.35. The van der Waals surface area contributed by atoms with Crippen LogP contribution in [0.5, 0.6) is 0 Å². The van der Waals surface area contributed by atoms with Gasteiger partial charge in [-0.05, 0) is 58.6 Å². The summed E-state index contributed by atoms with van der Waals surface area (Å²) in [4.78, 5) is 26.3. The van der Waals surface area contributed by atoms with Gasteiger partial charge in [0.25, 0.3) is 0 Å². The highest BCUT2D eigenvalue weighted by Gasteiger charge is 2.37. The van der Waals surface area contributed by atoms with Gasteiger partial charge >= 0.3 is 6.09 Å². The molecular weight excluding hydrogens is 498 g/mol. The van der Waals surface area contributed by atoms with Crippen molar-refractivity contribution in [2.75, 3.05) is 19.7 Å². The molecule has 0 unspecified atom stereocenters. The zero-order valence-electron chi connectivity index (χ0n) is 23.7. The fraction of sp³-hybridized carbons (Fsp3) is 0.533. The van der Waals surface area contributed by atoms with Crippen molar-refractivity contribution in [1.29, 1.82) is 0 Å². The number of carbonyl (C=O) groups is 2. The van der Waals surface area contributed by atoms with Crippen LogP contribution in [0.15, 0.2) is 60.7 Å². The maximum Gasteiger partial charge on any atom is 0.408 e. The molecule has 2 rings (SSSR count). The third kappa shape index (κ3) is 9.93. The van der Waals surface area contributed by atoms with Gasteiger partial charge in [0.2, 0.25) is 5.91 Å². The summed E-state index contributed by atoms with van der Waals surface area (Å²) in [5.41, 5.74) is 0.0510. The lowest BCUT2D eigenvalue weighted by atomic mass is 9.92. The number of carboxylic acid groups (broad SMARTS) is 1. The first-order valence-electron chi connectivity index (χ1n) is 13.3. The Bertz CT molecular complexity index is 1030. The molecule has 4 atom stereocenters. The Kier molecular flexibility index (Phi) is 11.9. The summed E-state index contributed by atoms with van der Waals surface area (Å²) in [6.07, 6.45) is -2.52. The van der Waals surface area contributed by atoms with Gasteiger partial charge in [0.15, 0.2) is 0 Å². The summed E-state index contributed by atoms with van der Waals surface area (Å²) in [5.74, 6) is -0.379.